The van der Waals surface area contributed by atoms with Crippen LogP contribution in [0.3, 0.4) is 0 Å². The van der Waals surface area contributed by atoms with Crippen LogP contribution in [0, 0.1) is 0 Å². The molecule has 2 aromatic heterocycles. The lowest BCUT2D eigenvalue weighted by Gasteiger charge is -2.14. The predicted molar refractivity (Wildman–Crippen MR) is 171 cm³/mol. The number of aromatic nitrogens is 3. The first kappa shape index (κ1) is 24.5. The molecule has 0 aliphatic heterocycles. The van der Waals surface area contributed by atoms with Gasteiger partial charge in [0.25, 0.3) is 0 Å². The molecule has 8 aromatic rings. The van der Waals surface area contributed by atoms with Gasteiger partial charge in [0, 0.05) is 27.5 Å². The maximum absolute atomic E-state index is 6.63. The lowest BCUT2D eigenvalue weighted by Crippen LogP contribution is -2.00. The van der Waals surface area contributed by atoms with Crippen LogP contribution in [0.1, 0.15) is 0 Å². The topological polar surface area (TPSA) is 51.8 Å². The van der Waals surface area contributed by atoms with Gasteiger partial charge >= 0.3 is 0 Å². The molecule has 0 unspecified atom stereocenters. The summed E-state index contributed by atoms with van der Waals surface area (Å²) in [7, 11) is 0. The van der Waals surface area contributed by atoms with Crippen molar-refractivity contribution in [3.05, 3.63) is 138 Å². The molecule has 0 aliphatic carbocycles. The lowest BCUT2D eigenvalue weighted by atomic mass is 9.92. The number of hydrogen-bond donors (Lipinski definition) is 0. The zero-order chi connectivity index (χ0) is 28.0. The molecule has 0 fully saturated rings. The summed E-state index contributed by atoms with van der Waals surface area (Å²) in [5, 5.41) is 4.78. The molecule has 5 heteroatoms. The van der Waals surface area contributed by atoms with Crippen LogP contribution < -0.4 is 0 Å². The van der Waals surface area contributed by atoms with Crippen LogP contribution in [0.25, 0.3) is 78.0 Å². The van der Waals surface area contributed by atoms with Crippen LogP contribution in [0.2, 0.25) is 5.02 Å². The van der Waals surface area contributed by atoms with Gasteiger partial charge in [0.2, 0.25) is 0 Å². The van der Waals surface area contributed by atoms with E-state index in [1.807, 2.05) is 84.9 Å². The van der Waals surface area contributed by atoms with Gasteiger partial charge < -0.3 is 4.42 Å². The fourth-order valence-electron chi connectivity index (χ4n) is 5.68. The molecule has 6 aromatic carbocycles. The van der Waals surface area contributed by atoms with E-state index in [1.54, 1.807) is 0 Å². The summed E-state index contributed by atoms with van der Waals surface area (Å²) in [5.74, 6) is 1.90. The van der Waals surface area contributed by atoms with Gasteiger partial charge in [-0.2, -0.15) is 0 Å². The Bertz CT molecular complexity index is 2200. The number of halogens is 1. The maximum atomic E-state index is 6.63. The van der Waals surface area contributed by atoms with Crippen LogP contribution in [0.4, 0.5) is 0 Å². The van der Waals surface area contributed by atoms with Crippen molar-refractivity contribution in [2.75, 3.05) is 0 Å². The van der Waals surface area contributed by atoms with Crippen LogP contribution in [-0.2, 0) is 0 Å². The van der Waals surface area contributed by atoms with Crippen molar-refractivity contribution in [1.82, 2.24) is 15.0 Å². The van der Waals surface area contributed by atoms with Gasteiger partial charge in [-0.3, -0.25) is 0 Å². The molecule has 4 nitrogen and oxygen atoms in total. The molecular formula is C37H22ClN3O. The summed E-state index contributed by atoms with van der Waals surface area (Å²) in [5.41, 5.74) is 6.48. The number of rotatable bonds is 4. The normalized spacial score (nSPS) is 11.5. The smallest absolute Gasteiger partial charge is 0.164 e. The Morgan fingerprint density at radius 2 is 0.929 bits per heavy atom. The number of benzene rings is 6. The highest BCUT2D eigenvalue weighted by atomic mass is 35.5. The highest BCUT2D eigenvalue weighted by Gasteiger charge is 2.19. The molecule has 0 saturated carbocycles. The molecule has 8 rings (SSSR count). The zero-order valence-corrected chi connectivity index (χ0v) is 23.1. The highest BCUT2D eigenvalue weighted by molar-refractivity contribution is 6.37. The van der Waals surface area contributed by atoms with Gasteiger partial charge in [0.15, 0.2) is 23.1 Å². The SMILES string of the molecule is Clc1ccc(-c2ccc(-c3nc(-c4ccccc4)nc(-c4ccccc4)n3)c3ccccc23)c2c1oc1ccccc12. The van der Waals surface area contributed by atoms with Crippen molar-refractivity contribution in [1.29, 1.82) is 0 Å². The Morgan fingerprint density at radius 3 is 1.60 bits per heavy atom. The summed E-state index contributed by atoms with van der Waals surface area (Å²) in [4.78, 5) is 14.8. The standard InChI is InChI=1S/C37H22ClN3O/c38-31-22-21-28(33-30-17-9-10-18-32(30)42-34(31)33)27-19-20-29(26-16-8-7-15-25(26)27)37-40-35(23-11-3-1-4-12-23)39-36(41-37)24-13-5-2-6-14-24/h1-22H. The van der Waals surface area contributed by atoms with Crippen molar-refractivity contribution in [2.45, 2.75) is 0 Å². The average molecular weight is 560 g/mol. The number of hydrogen-bond acceptors (Lipinski definition) is 4. The largest absolute Gasteiger partial charge is 0.454 e. The Kier molecular flexibility index (Phi) is 5.80. The quantitative estimate of drug-likeness (QED) is 0.215. The van der Waals surface area contributed by atoms with Crippen molar-refractivity contribution >= 4 is 44.3 Å². The molecule has 0 radical (unpaired) electrons. The summed E-state index contributed by atoms with van der Waals surface area (Å²) < 4.78 is 6.20. The van der Waals surface area contributed by atoms with E-state index in [1.165, 1.54) is 0 Å². The van der Waals surface area contributed by atoms with E-state index in [-0.39, 0.29) is 0 Å². The molecule has 0 bridgehead atoms. The summed E-state index contributed by atoms with van der Waals surface area (Å²) >= 11 is 6.63. The average Bonchev–Trinajstić information content (AvgIpc) is 3.46. The minimum atomic E-state index is 0.595. The van der Waals surface area contributed by atoms with Crippen molar-refractivity contribution in [3.63, 3.8) is 0 Å². The third kappa shape index (κ3) is 4.04. The van der Waals surface area contributed by atoms with E-state index in [0.717, 1.165) is 54.9 Å². The predicted octanol–water partition coefficient (Wildman–Crippen LogP) is 10.2. The number of fused-ring (bicyclic) bond motifs is 4. The van der Waals surface area contributed by atoms with Crippen molar-refractivity contribution in [3.8, 4) is 45.3 Å². The maximum Gasteiger partial charge on any atom is 0.164 e. The van der Waals surface area contributed by atoms with Gasteiger partial charge in [-0.05, 0) is 40.1 Å². The third-order valence-electron chi connectivity index (χ3n) is 7.63. The minimum absolute atomic E-state index is 0.595. The first-order valence-electron chi connectivity index (χ1n) is 13.7. The number of nitrogens with zero attached hydrogens (tertiary/aromatic N) is 3. The van der Waals surface area contributed by atoms with E-state index in [4.69, 9.17) is 31.0 Å². The van der Waals surface area contributed by atoms with Crippen molar-refractivity contribution in [2.24, 2.45) is 0 Å². The molecule has 0 amide bonds. The van der Waals surface area contributed by atoms with E-state index in [0.29, 0.717) is 28.1 Å². The fraction of sp³-hybridized carbons (Fsp3) is 0. The van der Waals surface area contributed by atoms with Gasteiger partial charge in [-0.1, -0.05) is 127 Å². The molecule has 0 atom stereocenters. The Morgan fingerprint density at radius 1 is 0.429 bits per heavy atom. The molecule has 0 N–H and O–H groups in total. The van der Waals surface area contributed by atoms with Gasteiger partial charge in [0.1, 0.15) is 5.58 Å². The van der Waals surface area contributed by atoms with Crippen LogP contribution in [0.5, 0.6) is 0 Å². The minimum Gasteiger partial charge on any atom is -0.454 e. The Hall–Kier alpha value is -5.32. The Labute approximate surface area is 246 Å². The second-order valence-electron chi connectivity index (χ2n) is 10.1. The first-order chi connectivity index (χ1) is 20.7. The second kappa shape index (κ2) is 9.95. The van der Waals surface area contributed by atoms with Crippen LogP contribution in [-0.4, -0.2) is 15.0 Å². The van der Waals surface area contributed by atoms with Gasteiger partial charge in [-0.15, -0.1) is 0 Å². The molecular weight excluding hydrogens is 538 g/mol. The fourth-order valence-corrected chi connectivity index (χ4v) is 5.88. The van der Waals surface area contributed by atoms with Gasteiger partial charge in [0.05, 0.1) is 5.02 Å². The molecule has 0 saturated heterocycles. The molecule has 2 heterocycles. The monoisotopic (exact) mass is 559 g/mol. The zero-order valence-electron chi connectivity index (χ0n) is 22.3. The number of furan rings is 1. The second-order valence-corrected chi connectivity index (χ2v) is 10.5. The summed E-state index contributed by atoms with van der Waals surface area (Å²) in [6.45, 7) is 0. The third-order valence-corrected chi connectivity index (χ3v) is 7.93. The van der Waals surface area contributed by atoms with Gasteiger partial charge in [-0.25, -0.2) is 15.0 Å². The Balaban J connectivity index is 1.38. The van der Waals surface area contributed by atoms with Crippen LogP contribution >= 0.6 is 11.6 Å². The molecule has 0 aliphatic rings. The molecule has 42 heavy (non-hydrogen) atoms. The summed E-state index contributed by atoms with van der Waals surface area (Å²) in [6, 6.07) is 44.8. The lowest BCUT2D eigenvalue weighted by molar-refractivity contribution is 0.669. The summed E-state index contributed by atoms with van der Waals surface area (Å²) in [6.07, 6.45) is 0. The first-order valence-corrected chi connectivity index (χ1v) is 14.1. The van der Waals surface area contributed by atoms with Crippen LogP contribution in [0.15, 0.2) is 138 Å². The highest BCUT2D eigenvalue weighted by Crippen LogP contribution is 2.43. The number of para-hydroxylation sites is 1. The van der Waals surface area contributed by atoms with E-state index >= 15 is 0 Å². The molecule has 198 valence electrons. The van der Waals surface area contributed by atoms with E-state index in [2.05, 4.69) is 48.5 Å². The van der Waals surface area contributed by atoms with E-state index in [9.17, 15) is 0 Å². The van der Waals surface area contributed by atoms with Crippen molar-refractivity contribution < 1.29 is 4.42 Å². The van der Waals surface area contributed by atoms with E-state index < -0.39 is 0 Å². The molecule has 0 spiro atoms.